The maximum absolute atomic E-state index is 4.54. The predicted molar refractivity (Wildman–Crippen MR) is 75.8 cm³/mol. The lowest BCUT2D eigenvalue weighted by Gasteiger charge is -2.14. The summed E-state index contributed by atoms with van der Waals surface area (Å²) in [6.45, 7) is 3.42. The third-order valence-electron chi connectivity index (χ3n) is 3.78. The van der Waals surface area contributed by atoms with Crippen LogP contribution in [0.15, 0.2) is 36.5 Å². The SMILES string of the molecule is CC(CCNC1CC1)c1cccc2cccnc12. The highest BCUT2D eigenvalue weighted by Crippen LogP contribution is 2.26. The molecule has 1 N–H and O–H groups in total. The van der Waals surface area contributed by atoms with Gasteiger partial charge in [-0.3, -0.25) is 4.98 Å². The number of nitrogens with zero attached hydrogens (tertiary/aromatic N) is 1. The van der Waals surface area contributed by atoms with Crippen LogP contribution in [0.1, 0.15) is 37.7 Å². The van der Waals surface area contributed by atoms with E-state index >= 15 is 0 Å². The number of aromatic nitrogens is 1. The zero-order valence-electron chi connectivity index (χ0n) is 10.9. The molecule has 94 valence electrons. The van der Waals surface area contributed by atoms with Gasteiger partial charge in [0.1, 0.15) is 0 Å². The summed E-state index contributed by atoms with van der Waals surface area (Å²) in [6, 6.07) is 11.5. The van der Waals surface area contributed by atoms with Crippen LogP contribution in [0.3, 0.4) is 0 Å². The molecule has 1 aromatic heterocycles. The van der Waals surface area contributed by atoms with E-state index in [-0.39, 0.29) is 0 Å². The van der Waals surface area contributed by atoms with E-state index in [1.165, 1.54) is 35.7 Å². The van der Waals surface area contributed by atoms with Crippen molar-refractivity contribution in [1.29, 1.82) is 0 Å². The van der Waals surface area contributed by atoms with E-state index in [2.05, 4.69) is 41.5 Å². The number of nitrogens with one attached hydrogen (secondary N) is 1. The Morgan fingerprint density at radius 3 is 2.94 bits per heavy atom. The molecule has 1 aliphatic carbocycles. The smallest absolute Gasteiger partial charge is 0.0736 e. The Kier molecular flexibility index (Phi) is 3.28. The van der Waals surface area contributed by atoms with Gasteiger partial charge in [0.2, 0.25) is 0 Å². The minimum atomic E-state index is 0.565. The summed E-state index contributed by atoms with van der Waals surface area (Å²) in [5.41, 5.74) is 2.55. The fraction of sp³-hybridized carbons (Fsp3) is 0.438. The van der Waals surface area contributed by atoms with Crippen LogP contribution in [0.4, 0.5) is 0 Å². The molecule has 1 unspecified atom stereocenters. The van der Waals surface area contributed by atoms with Gasteiger partial charge in [-0.05, 0) is 43.4 Å². The molecule has 0 bridgehead atoms. The molecule has 1 atom stereocenters. The Morgan fingerprint density at radius 2 is 2.11 bits per heavy atom. The number of benzene rings is 1. The molecule has 0 spiro atoms. The summed E-state index contributed by atoms with van der Waals surface area (Å²) in [7, 11) is 0. The molecule has 1 fully saturated rings. The van der Waals surface area contributed by atoms with E-state index < -0.39 is 0 Å². The van der Waals surface area contributed by atoms with Crippen LogP contribution in [0.2, 0.25) is 0 Å². The van der Waals surface area contributed by atoms with E-state index in [0.717, 1.165) is 12.6 Å². The van der Waals surface area contributed by atoms with Gasteiger partial charge in [-0.2, -0.15) is 0 Å². The molecule has 0 radical (unpaired) electrons. The summed E-state index contributed by atoms with van der Waals surface area (Å²) in [5.74, 6) is 0.565. The van der Waals surface area contributed by atoms with Gasteiger partial charge in [-0.1, -0.05) is 31.2 Å². The molecule has 1 aliphatic rings. The minimum Gasteiger partial charge on any atom is -0.314 e. The average Bonchev–Trinajstić information content (AvgIpc) is 3.22. The average molecular weight is 240 g/mol. The van der Waals surface area contributed by atoms with Crippen molar-refractivity contribution in [2.24, 2.45) is 0 Å². The van der Waals surface area contributed by atoms with Crippen LogP contribution in [0, 0.1) is 0 Å². The van der Waals surface area contributed by atoms with E-state index in [4.69, 9.17) is 0 Å². The molecule has 0 aliphatic heterocycles. The van der Waals surface area contributed by atoms with Crippen LogP contribution in [-0.4, -0.2) is 17.6 Å². The first kappa shape index (κ1) is 11.7. The largest absolute Gasteiger partial charge is 0.314 e. The Morgan fingerprint density at radius 1 is 1.28 bits per heavy atom. The Bertz CT molecular complexity index is 526. The molecule has 0 amide bonds. The Balaban J connectivity index is 1.75. The van der Waals surface area contributed by atoms with Crippen molar-refractivity contribution in [2.75, 3.05) is 6.54 Å². The van der Waals surface area contributed by atoms with Gasteiger partial charge in [0.15, 0.2) is 0 Å². The molecule has 2 heteroatoms. The van der Waals surface area contributed by atoms with Crippen molar-refractivity contribution in [1.82, 2.24) is 10.3 Å². The molecular formula is C16H20N2. The fourth-order valence-corrected chi connectivity index (χ4v) is 2.47. The van der Waals surface area contributed by atoms with Gasteiger partial charge in [-0.25, -0.2) is 0 Å². The monoisotopic (exact) mass is 240 g/mol. The first-order chi connectivity index (χ1) is 8.84. The summed E-state index contributed by atoms with van der Waals surface area (Å²) >= 11 is 0. The topological polar surface area (TPSA) is 24.9 Å². The highest BCUT2D eigenvalue weighted by atomic mass is 14.9. The second kappa shape index (κ2) is 5.07. The number of hydrogen-bond donors (Lipinski definition) is 1. The molecule has 1 saturated carbocycles. The number of hydrogen-bond acceptors (Lipinski definition) is 2. The summed E-state index contributed by atoms with van der Waals surface area (Å²) in [4.78, 5) is 4.54. The highest BCUT2D eigenvalue weighted by molar-refractivity contribution is 5.81. The third-order valence-corrected chi connectivity index (χ3v) is 3.78. The third kappa shape index (κ3) is 2.54. The van der Waals surface area contributed by atoms with Crippen molar-refractivity contribution in [3.8, 4) is 0 Å². The lowest BCUT2D eigenvalue weighted by atomic mass is 9.95. The first-order valence-corrected chi connectivity index (χ1v) is 6.91. The fourth-order valence-electron chi connectivity index (χ4n) is 2.47. The van der Waals surface area contributed by atoms with Crippen LogP contribution < -0.4 is 5.32 Å². The normalized spacial score (nSPS) is 16.9. The number of fused-ring (bicyclic) bond motifs is 1. The second-order valence-corrected chi connectivity index (χ2v) is 5.34. The van der Waals surface area contributed by atoms with Crippen LogP contribution >= 0.6 is 0 Å². The zero-order chi connectivity index (χ0) is 12.4. The Hall–Kier alpha value is -1.41. The van der Waals surface area contributed by atoms with E-state index in [1.807, 2.05) is 12.3 Å². The van der Waals surface area contributed by atoms with Crippen LogP contribution in [0.25, 0.3) is 10.9 Å². The second-order valence-electron chi connectivity index (χ2n) is 5.34. The lowest BCUT2D eigenvalue weighted by Crippen LogP contribution is -2.19. The van der Waals surface area contributed by atoms with Gasteiger partial charge in [0.05, 0.1) is 5.52 Å². The van der Waals surface area contributed by atoms with E-state index in [9.17, 15) is 0 Å². The molecule has 1 heterocycles. The lowest BCUT2D eigenvalue weighted by molar-refractivity contribution is 0.593. The number of para-hydroxylation sites is 1. The molecule has 0 saturated heterocycles. The zero-order valence-corrected chi connectivity index (χ0v) is 10.9. The van der Waals surface area contributed by atoms with Gasteiger partial charge >= 0.3 is 0 Å². The molecule has 18 heavy (non-hydrogen) atoms. The van der Waals surface area contributed by atoms with E-state index in [1.54, 1.807) is 0 Å². The molecule has 2 aromatic rings. The molecule has 3 rings (SSSR count). The highest BCUT2D eigenvalue weighted by Gasteiger charge is 2.20. The van der Waals surface area contributed by atoms with Crippen molar-refractivity contribution >= 4 is 10.9 Å². The minimum absolute atomic E-state index is 0.565. The molecule has 1 aromatic carbocycles. The maximum atomic E-state index is 4.54. The quantitative estimate of drug-likeness (QED) is 0.865. The van der Waals surface area contributed by atoms with Crippen LogP contribution in [0.5, 0.6) is 0 Å². The van der Waals surface area contributed by atoms with Gasteiger partial charge in [0, 0.05) is 17.6 Å². The van der Waals surface area contributed by atoms with Crippen molar-refractivity contribution in [2.45, 2.75) is 38.1 Å². The van der Waals surface area contributed by atoms with Gasteiger partial charge in [0.25, 0.3) is 0 Å². The van der Waals surface area contributed by atoms with Crippen molar-refractivity contribution < 1.29 is 0 Å². The van der Waals surface area contributed by atoms with Gasteiger partial charge < -0.3 is 5.32 Å². The van der Waals surface area contributed by atoms with Crippen molar-refractivity contribution in [3.63, 3.8) is 0 Å². The number of rotatable bonds is 5. The number of pyridine rings is 1. The summed E-state index contributed by atoms with van der Waals surface area (Å²) < 4.78 is 0. The van der Waals surface area contributed by atoms with Crippen molar-refractivity contribution in [3.05, 3.63) is 42.1 Å². The van der Waals surface area contributed by atoms with Gasteiger partial charge in [-0.15, -0.1) is 0 Å². The summed E-state index contributed by atoms with van der Waals surface area (Å²) in [6.07, 6.45) is 5.81. The maximum Gasteiger partial charge on any atom is 0.0736 e. The molecule has 2 nitrogen and oxygen atoms in total. The standard InChI is InChI=1S/C16H20N2/c1-12(9-11-17-14-7-8-14)15-6-2-4-13-5-3-10-18-16(13)15/h2-6,10,12,14,17H,7-9,11H2,1H3. The van der Waals surface area contributed by atoms with E-state index in [0.29, 0.717) is 5.92 Å². The summed E-state index contributed by atoms with van der Waals surface area (Å²) in [5, 5.41) is 4.83. The van der Waals surface area contributed by atoms with Crippen LogP contribution in [-0.2, 0) is 0 Å². The Labute approximate surface area is 108 Å². The predicted octanol–water partition coefficient (Wildman–Crippen LogP) is 3.48. The molecular weight excluding hydrogens is 220 g/mol. The first-order valence-electron chi connectivity index (χ1n) is 6.91.